The topological polar surface area (TPSA) is 99.3 Å². The van der Waals surface area contributed by atoms with Gasteiger partial charge in [0, 0.05) is 30.9 Å². The molecule has 1 aromatic carbocycles. The molecule has 3 rings (SSSR count). The van der Waals surface area contributed by atoms with Crippen LogP contribution in [-0.4, -0.2) is 36.7 Å². The maximum atomic E-state index is 12.7. The number of hydrogen-bond acceptors (Lipinski definition) is 4. The van der Waals surface area contributed by atoms with E-state index in [2.05, 4.69) is 10.3 Å². The summed E-state index contributed by atoms with van der Waals surface area (Å²) < 4.78 is 26.9. The van der Waals surface area contributed by atoms with Crippen LogP contribution in [0.3, 0.4) is 0 Å². The van der Waals surface area contributed by atoms with E-state index in [4.69, 9.17) is 11.6 Å². The van der Waals surface area contributed by atoms with Gasteiger partial charge in [-0.1, -0.05) is 11.6 Å². The van der Waals surface area contributed by atoms with Crippen LogP contribution >= 0.6 is 11.6 Å². The Morgan fingerprint density at radius 2 is 1.89 bits per heavy atom. The molecule has 1 aliphatic heterocycles. The molecule has 0 aliphatic carbocycles. The van der Waals surface area contributed by atoms with Crippen molar-refractivity contribution in [2.45, 2.75) is 38.1 Å². The van der Waals surface area contributed by atoms with E-state index in [0.29, 0.717) is 18.7 Å². The summed E-state index contributed by atoms with van der Waals surface area (Å²) in [7, 11) is -3.66. The summed E-state index contributed by atoms with van der Waals surface area (Å²) in [4.78, 5) is 27.4. The molecule has 150 valence electrons. The Labute approximate surface area is 168 Å². The number of sulfonamides is 1. The third-order valence-corrected chi connectivity index (χ3v) is 7.03. The van der Waals surface area contributed by atoms with Crippen LogP contribution in [-0.2, 0) is 16.6 Å². The lowest BCUT2D eigenvalue weighted by atomic mass is 10.1. The molecule has 0 spiro atoms. The number of aromatic amines is 1. The Kier molecular flexibility index (Phi) is 5.92. The van der Waals surface area contributed by atoms with Gasteiger partial charge in [-0.2, -0.15) is 4.31 Å². The SMILES string of the molecule is Cc1cc(C)c(CNC(=O)c2cc(S(=O)(=O)N3CCCC3)ccc2Cl)c(=O)[nH]1. The van der Waals surface area contributed by atoms with Crippen molar-refractivity contribution in [2.75, 3.05) is 13.1 Å². The molecule has 1 fully saturated rings. The third-order valence-electron chi connectivity index (χ3n) is 4.80. The number of amides is 1. The summed E-state index contributed by atoms with van der Waals surface area (Å²) in [5.74, 6) is -0.539. The molecule has 2 N–H and O–H groups in total. The molecular weight excluding hydrogens is 402 g/mol. The standard InChI is InChI=1S/C19H22ClN3O4S/c1-12-9-13(2)22-19(25)16(12)11-21-18(24)15-10-14(5-6-17(15)20)28(26,27)23-7-3-4-8-23/h5-6,9-10H,3-4,7-8,11H2,1-2H3,(H,21,24)(H,22,25). The van der Waals surface area contributed by atoms with E-state index in [0.717, 1.165) is 24.1 Å². The second kappa shape index (κ2) is 8.06. The van der Waals surface area contributed by atoms with E-state index >= 15 is 0 Å². The second-order valence-corrected chi connectivity index (χ2v) is 9.22. The summed E-state index contributed by atoms with van der Waals surface area (Å²) >= 11 is 6.13. The van der Waals surface area contributed by atoms with Crippen LogP contribution in [0.1, 0.15) is 40.0 Å². The average Bonchev–Trinajstić information content (AvgIpc) is 3.16. The number of aryl methyl sites for hydroxylation is 2. The molecule has 1 aromatic heterocycles. The highest BCUT2D eigenvalue weighted by Gasteiger charge is 2.28. The summed E-state index contributed by atoms with van der Waals surface area (Å²) in [6, 6.07) is 5.92. The number of hydrogen-bond donors (Lipinski definition) is 2. The van der Waals surface area contributed by atoms with Gasteiger partial charge < -0.3 is 10.3 Å². The van der Waals surface area contributed by atoms with Crippen LogP contribution in [0.4, 0.5) is 0 Å². The summed E-state index contributed by atoms with van der Waals surface area (Å²) in [6.45, 7) is 4.53. The number of rotatable bonds is 5. The van der Waals surface area contributed by atoms with Gasteiger partial charge in [0.1, 0.15) is 0 Å². The van der Waals surface area contributed by atoms with Crippen LogP contribution in [0.15, 0.2) is 34.0 Å². The first-order valence-electron chi connectivity index (χ1n) is 8.97. The van der Waals surface area contributed by atoms with Crippen LogP contribution in [0.25, 0.3) is 0 Å². The number of aromatic nitrogens is 1. The third kappa shape index (κ3) is 4.14. The van der Waals surface area contributed by atoms with Gasteiger partial charge in [0.15, 0.2) is 0 Å². The zero-order chi connectivity index (χ0) is 20.5. The largest absolute Gasteiger partial charge is 0.348 e. The minimum absolute atomic E-state index is 0.0136. The zero-order valence-corrected chi connectivity index (χ0v) is 17.3. The molecule has 1 saturated heterocycles. The van der Waals surface area contributed by atoms with E-state index in [-0.39, 0.29) is 27.6 Å². The summed E-state index contributed by atoms with van der Waals surface area (Å²) in [6.07, 6.45) is 1.65. The van der Waals surface area contributed by atoms with Crippen LogP contribution in [0.5, 0.6) is 0 Å². The molecule has 0 radical (unpaired) electrons. The van der Waals surface area contributed by atoms with Crippen molar-refractivity contribution in [1.82, 2.24) is 14.6 Å². The van der Waals surface area contributed by atoms with E-state index in [1.54, 1.807) is 13.8 Å². The second-order valence-electron chi connectivity index (χ2n) is 6.88. The van der Waals surface area contributed by atoms with Gasteiger partial charge in [-0.05, 0) is 56.5 Å². The molecule has 7 nitrogen and oxygen atoms in total. The lowest BCUT2D eigenvalue weighted by molar-refractivity contribution is 0.0950. The van der Waals surface area contributed by atoms with Gasteiger partial charge in [-0.15, -0.1) is 0 Å². The first-order chi connectivity index (χ1) is 13.2. The monoisotopic (exact) mass is 423 g/mol. The fourth-order valence-electron chi connectivity index (χ4n) is 3.28. The van der Waals surface area contributed by atoms with Crippen molar-refractivity contribution in [2.24, 2.45) is 0 Å². The van der Waals surface area contributed by atoms with Gasteiger partial charge in [-0.3, -0.25) is 9.59 Å². The van der Waals surface area contributed by atoms with Crippen molar-refractivity contribution in [3.63, 3.8) is 0 Å². The molecule has 1 amide bonds. The number of H-pyrrole nitrogens is 1. The van der Waals surface area contributed by atoms with Gasteiger partial charge in [0.05, 0.1) is 15.5 Å². The van der Waals surface area contributed by atoms with Gasteiger partial charge in [0.25, 0.3) is 11.5 Å². The number of nitrogens with one attached hydrogen (secondary N) is 2. The minimum atomic E-state index is -3.66. The number of carbonyl (C=O) groups excluding carboxylic acids is 1. The van der Waals surface area contributed by atoms with Crippen molar-refractivity contribution in [3.05, 3.63) is 62.0 Å². The fourth-order valence-corrected chi connectivity index (χ4v) is 5.03. The molecule has 0 atom stereocenters. The summed E-state index contributed by atoms with van der Waals surface area (Å²) in [5.41, 5.74) is 1.73. The van der Waals surface area contributed by atoms with Crippen LogP contribution < -0.4 is 10.9 Å². The highest BCUT2D eigenvalue weighted by molar-refractivity contribution is 7.89. The van der Waals surface area contributed by atoms with E-state index in [1.165, 1.54) is 22.5 Å². The first kappa shape index (κ1) is 20.6. The maximum Gasteiger partial charge on any atom is 0.253 e. The number of carbonyl (C=O) groups is 1. The van der Waals surface area contributed by atoms with E-state index in [1.807, 2.05) is 6.07 Å². The van der Waals surface area contributed by atoms with Crippen molar-refractivity contribution in [3.8, 4) is 0 Å². The van der Waals surface area contributed by atoms with Crippen molar-refractivity contribution >= 4 is 27.5 Å². The highest BCUT2D eigenvalue weighted by Crippen LogP contribution is 2.25. The van der Waals surface area contributed by atoms with Crippen LogP contribution in [0.2, 0.25) is 5.02 Å². The Morgan fingerprint density at radius 3 is 2.54 bits per heavy atom. The Hall–Kier alpha value is -2.16. The maximum absolute atomic E-state index is 12.7. The highest BCUT2D eigenvalue weighted by atomic mass is 35.5. The summed E-state index contributed by atoms with van der Waals surface area (Å²) in [5, 5.41) is 2.80. The molecule has 28 heavy (non-hydrogen) atoms. The molecule has 0 unspecified atom stereocenters. The molecular formula is C19H22ClN3O4S. The quantitative estimate of drug-likeness (QED) is 0.771. The smallest absolute Gasteiger partial charge is 0.253 e. The molecule has 2 heterocycles. The number of nitrogens with zero attached hydrogens (tertiary/aromatic N) is 1. The molecule has 0 bridgehead atoms. The number of benzene rings is 1. The van der Waals surface area contributed by atoms with Gasteiger partial charge in [-0.25, -0.2) is 8.42 Å². The Bertz CT molecular complexity index is 1070. The lowest BCUT2D eigenvalue weighted by Crippen LogP contribution is -2.29. The fraction of sp³-hybridized carbons (Fsp3) is 0.368. The molecule has 2 aromatic rings. The van der Waals surface area contributed by atoms with E-state index < -0.39 is 15.9 Å². The minimum Gasteiger partial charge on any atom is -0.348 e. The van der Waals surface area contributed by atoms with Crippen molar-refractivity contribution in [1.29, 1.82) is 0 Å². The molecule has 0 saturated carbocycles. The zero-order valence-electron chi connectivity index (χ0n) is 15.7. The Balaban J connectivity index is 1.83. The normalized spacial score (nSPS) is 15.0. The van der Waals surface area contributed by atoms with Crippen molar-refractivity contribution < 1.29 is 13.2 Å². The number of pyridine rings is 1. The van der Waals surface area contributed by atoms with Gasteiger partial charge in [0.2, 0.25) is 10.0 Å². The van der Waals surface area contributed by atoms with E-state index in [9.17, 15) is 18.0 Å². The predicted octanol–water partition coefficient (Wildman–Crippen LogP) is 2.36. The Morgan fingerprint density at radius 1 is 1.21 bits per heavy atom. The number of halogens is 1. The molecule has 1 aliphatic rings. The lowest BCUT2D eigenvalue weighted by Gasteiger charge is -2.16. The van der Waals surface area contributed by atoms with Crippen LogP contribution in [0, 0.1) is 13.8 Å². The predicted molar refractivity (Wildman–Crippen MR) is 107 cm³/mol. The first-order valence-corrected chi connectivity index (χ1v) is 10.8. The average molecular weight is 424 g/mol. The van der Waals surface area contributed by atoms with Gasteiger partial charge >= 0.3 is 0 Å². The molecule has 9 heteroatoms.